The zero-order valence-electron chi connectivity index (χ0n) is 12.2. The first kappa shape index (κ1) is 13.9. The SMILES string of the molecule is CCC(N)Cc1cccn1Cc1cc(C)ccc1C. The van der Waals surface area contributed by atoms with E-state index in [4.69, 9.17) is 5.73 Å². The second-order valence-corrected chi connectivity index (χ2v) is 5.43. The van der Waals surface area contributed by atoms with E-state index in [2.05, 4.69) is 61.9 Å². The van der Waals surface area contributed by atoms with Crippen molar-refractivity contribution in [3.8, 4) is 0 Å². The van der Waals surface area contributed by atoms with E-state index in [1.54, 1.807) is 0 Å². The van der Waals surface area contributed by atoms with Gasteiger partial charge in [0.15, 0.2) is 0 Å². The van der Waals surface area contributed by atoms with Crippen molar-refractivity contribution in [2.24, 2.45) is 5.73 Å². The highest BCUT2D eigenvalue weighted by Gasteiger charge is 2.07. The largest absolute Gasteiger partial charge is 0.347 e. The van der Waals surface area contributed by atoms with Crippen molar-refractivity contribution < 1.29 is 0 Å². The smallest absolute Gasteiger partial charge is 0.0475 e. The molecule has 2 nitrogen and oxygen atoms in total. The van der Waals surface area contributed by atoms with Crippen molar-refractivity contribution in [3.05, 3.63) is 58.9 Å². The fourth-order valence-corrected chi connectivity index (χ4v) is 2.36. The number of rotatable bonds is 5. The van der Waals surface area contributed by atoms with Crippen LogP contribution in [0.2, 0.25) is 0 Å². The minimum absolute atomic E-state index is 0.257. The predicted octanol–water partition coefficient (Wildman–Crippen LogP) is 3.43. The minimum Gasteiger partial charge on any atom is -0.347 e. The Morgan fingerprint density at radius 3 is 2.74 bits per heavy atom. The highest BCUT2D eigenvalue weighted by atomic mass is 15.0. The summed E-state index contributed by atoms with van der Waals surface area (Å²) in [4.78, 5) is 0. The number of hydrogen-bond acceptors (Lipinski definition) is 1. The highest BCUT2D eigenvalue weighted by Crippen LogP contribution is 2.15. The van der Waals surface area contributed by atoms with Crippen molar-refractivity contribution in [3.63, 3.8) is 0 Å². The number of hydrogen-bond donors (Lipinski definition) is 1. The Labute approximate surface area is 116 Å². The van der Waals surface area contributed by atoms with E-state index in [1.807, 2.05) is 0 Å². The fraction of sp³-hybridized carbons (Fsp3) is 0.412. The molecule has 0 saturated heterocycles. The topological polar surface area (TPSA) is 30.9 Å². The van der Waals surface area contributed by atoms with Crippen LogP contribution in [-0.4, -0.2) is 10.6 Å². The van der Waals surface area contributed by atoms with E-state index >= 15 is 0 Å². The Hall–Kier alpha value is -1.54. The minimum atomic E-state index is 0.257. The Morgan fingerprint density at radius 1 is 1.21 bits per heavy atom. The normalized spacial score (nSPS) is 12.6. The summed E-state index contributed by atoms with van der Waals surface area (Å²) in [6.45, 7) is 7.40. The molecule has 0 bridgehead atoms. The molecule has 0 spiro atoms. The maximum absolute atomic E-state index is 6.07. The Bertz CT molecular complexity index is 540. The number of nitrogens with two attached hydrogens (primary N) is 1. The Kier molecular flexibility index (Phi) is 4.43. The van der Waals surface area contributed by atoms with Crippen LogP contribution in [0.5, 0.6) is 0 Å². The first-order valence-electron chi connectivity index (χ1n) is 7.06. The van der Waals surface area contributed by atoms with Crippen LogP contribution in [0.3, 0.4) is 0 Å². The maximum Gasteiger partial charge on any atom is 0.0475 e. The van der Waals surface area contributed by atoms with Gasteiger partial charge in [0, 0.05) is 30.9 Å². The summed E-state index contributed by atoms with van der Waals surface area (Å²) in [5.74, 6) is 0. The summed E-state index contributed by atoms with van der Waals surface area (Å²) >= 11 is 0. The van der Waals surface area contributed by atoms with Gasteiger partial charge in [-0.25, -0.2) is 0 Å². The number of aromatic nitrogens is 1. The third-order valence-corrected chi connectivity index (χ3v) is 3.76. The molecule has 0 saturated carbocycles. The van der Waals surface area contributed by atoms with Crippen molar-refractivity contribution in [1.29, 1.82) is 0 Å². The molecule has 0 radical (unpaired) electrons. The van der Waals surface area contributed by atoms with Crippen LogP contribution in [-0.2, 0) is 13.0 Å². The summed E-state index contributed by atoms with van der Waals surface area (Å²) in [6.07, 6.45) is 4.13. The van der Waals surface area contributed by atoms with Crippen molar-refractivity contribution in [2.75, 3.05) is 0 Å². The quantitative estimate of drug-likeness (QED) is 0.873. The third kappa shape index (κ3) is 3.48. The molecule has 2 rings (SSSR count). The van der Waals surface area contributed by atoms with Gasteiger partial charge in [0.25, 0.3) is 0 Å². The van der Waals surface area contributed by atoms with Crippen LogP contribution < -0.4 is 5.73 Å². The van der Waals surface area contributed by atoms with Crippen LogP contribution in [0.4, 0.5) is 0 Å². The van der Waals surface area contributed by atoms with Gasteiger partial charge in [-0.15, -0.1) is 0 Å². The Balaban J connectivity index is 2.19. The second kappa shape index (κ2) is 6.07. The average Bonchev–Trinajstić information content (AvgIpc) is 2.81. The van der Waals surface area contributed by atoms with Crippen molar-refractivity contribution >= 4 is 0 Å². The number of nitrogens with zero attached hydrogens (tertiary/aromatic N) is 1. The molecule has 0 aliphatic carbocycles. The summed E-state index contributed by atoms with van der Waals surface area (Å²) in [6, 6.07) is 11.2. The lowest BCUT2D eigenvalue weighted by atomic mass is 10.1. The molecule has 0 amide bonds. The molecule has 0 aliphatic rings. The van der Waals surface area contributed by atoms with Gasteiger partial charge < -0.3 is 10.3 Å². The molecule has 2 heteroatoms. The van der Waals surface area contributed by atoms with Gasteiger partial charge in [0.2, 0.25) is 0 Å². The molecule has 0 aliphatic heterocycles. The fourth-order valence-electron chi connectivity index (χ4n) is 2.36. The van der Waals surface area contributed by atoms with Gasteiger partial charge in [0.05, 0.1) is 0 Å². The van der Waals surface area contributed by atoms with Crippen molar-refractivity contribution in [2.45, 2.75) is 46.2 Å². The first-order chi connectivity index (χ1) is 9.10. The lowest BCUT2D eigenvalue weighted by Gasteiger charge is -2.14. The zero-order chi connectivity index (χ0) is 13.8. The van der Waals surface area contributed by atoms with Crippen LogP contribution >= 0.6 is 0 Å². The predicted molar refractivity (Wildman–Crippen MR) is 81.4 cm³/mol. The molecule has 0 fully saturated rings. The second-order valence-electron chi connectivity index (χ2n) is 5.43. The lowest BCUT2D eigenvalue weighted by Crippen LogP contribution is -2.23. The van der Waals surface area contributed by atoms with E-state index < -0.39 is 0 Å². The molecule has 1 unspecified atom stereocenters. The van der Waals surface area contributed by atoms with E-state index in [-0.39, 0.29) is 6.04 Å². The van der Waals surface area contributed by atoms with Crippen LogP contribution in [0, 0.1) is 13.8 Å². The lowest BCUT2D eigenvalue weighted by molar-refractivity contribution is 0.609. The van der Waals surface area contributed by atoms with Crippen molar-refractivity contribution in [1.82, 2.24) is 4.57 Å². The summed E-state index contributed by atoms with van der Waals surface area (Å²) in [7, 11) is 0. The molecule has 1 heterocycles. The summed E-state index contributed by atoms with van der Waals surface area (Å²) in [5.41, 5.74) is 11.5. The third-order valence-electron chi connectivity index (χ3n) is 3.76. The van der Waals surface area contributed by atoms with Crippen LogP contribution in [0.25, 0.3) is 0 Å². The highest BCUT2D eigenvalue weighted by molar-refractivity contribution is 5.31. The van der Waals surface area contributed by atoms with E-state index in [9.17, 15) is 0 Å². The van der Waals surface area contributed by atoms with E-state index in [0.717, 1.165) is 19.4 Å². The maximum atomic E-state index is 6.07. The van der Waals surface area contributed by atoms with E-state index in [1.165, 1.54) is 22.4 Å². The van der Waals surface area contributed by atoms with Gasteiger partial charge in [-0.3, -0.25) is 0 Å². The number of benzene rings is 1. The standard InChI is InChI=1S/C17H24N2/c1-4-16(18)11-17-6-5-9-19(17)12-15-10-13(2)7-8-14(15)3/h5-10,16H,4,11-12,18H2,1-3H3. The number of aryl methyl sites for hydroxylation is 2. The summed E-state index contributed by atoms with van der Waals surface area (Å²) < 4.78 is 2.32. The molecule has 1 aromatic heterocycles. The van der Waals surface area contributed by atoms with Gasteiger partial charge >= 0.3 is 0 Å². The molecular formula is C17H24N2. The van der Waals surface area contributed by atoms with Gasteiger partial charge in [-0.05, 0) is 43.5 Å². The zero-order valence-corrected chi connectivity index (χ0v) is 12.2. The van der Waals surface area contributed by atoms with Gasteiger partial charge in [-0.1, -0.05) is 30.7 Å². The van der Waals surface area contributed by atoms with Gasteiger partial charge in [0.1, 0.15) is 0 Å². The monoisotopic (exact) mass is 256 g/mol. The molecule has 1 aromatic carbocycles. The van der Waals surface area contributed by atoms with Crippen LogP contribution in [0.15, 0.2) is 36.5 Å². The Morgan fingerprint density at radius 2 is 2.00 bits per heavy atom. The molecule has 2 N–H and O–H groups in total. The molecule has 1 atom stereocenters. The average molecular weight is 256 g/mol. The first-order valence-corrected chi connectivity index (χ1v) is 7.06. The molecule has 2 aromatic rings. The molecule has 102 valence electrons. The van der Waals surface area contributed by atoms with Gasteiger partial charge in [-0.2, -0.15) is 0 Å². The summed E-state index contributed by atoms with van der Waals surface area (Å²) in [5, 5.41) is 0. The van der Waals surface area contributed by atoms with Crippen LogP contribution in [0.1, 0.15) is 35.7 Å². The molecule has 19 heavy (non-hydrogen) atoms. The van der Waals surface area contributed by atoms with E-state index in [0.29, 0.717) is 0 Å². The molecular weight excluding hydrogens is 232 g/mol.